The molecule has 1 N–H and O–H groups in total. The second-order valence-corrected chi connectivity index (χ2v) is 10.6. The lowest BCUT2D eigenvalue weighted by Gasteiger charge is -2.30. The fourth-order valence-corrected chi connectivity index (χ4v) is 4.87. The minimum Gasteiger partial charge on any atom is -0.489 e. The molecule has 34 heavy (non-hydrogen) atoms. The highest BCUT2D eigenvalue weighted by Crippen LogP contribution is 2.22. The molecule has 2 aromatic carbocycles. The van der Waals surface area contributed by atoms with Crippen LogP contribution in [0.3, 0.4) is 0 Å². The number of nitrogens with zero attached hydrogens (tertiary/aromatic N) is 1. The van der Waals surface area contributed by atoms with Crippen molar-refractivity contribution >= 4 is 21.9 Å². The van der Waals surface area contributed by atoms with Crippen molar-refractivity contribution in [3.8, 4) is 5.75 Å². The highest BCUT2D eigenvalue weighted by atomic mass is 32.2. The van der Waals surface area contributed by atoms with Gasteiger partial charge in [-0.2, -0.15) is 0 Å². The van der Waals surface area contributed by atoms with Gasteiger partial charge in [-0.3, -0.25) is 4.79 Å². The van der Waals surface area contributed by atoms with Crippen molar-refractivity contribution in [2.45, 2.75) is 38.3 Å². The van der Waals surface area contributed by atoms with E-state index in [0.29, 0.717) is 44.7 Å². The van der Waals surface area contributed by atoms with Gasteiger partial charge in [-0.25, -0.2) is 17.5 Å². The van der Waals surface area contributed by atoms with E-state index in [0.717, 1.165) is 11.1 Å². The van der Waals surface area contributed by atoms with E-state index in [-0.39, 0.29) is 18.2 Å². The molecule has 2 aromatic rings. The maximum atomic E-state index is 12.6. The monoisotopic (exact) mass is 488 g/mol. The largest absolute Gasteiger partial charge is 0.489 e. The normalized spacial score (nSPS) is 15.9. The molecule has 0 radical (unpaired) electrons. The summed E-state index contributed by atoms with van der Waals surface area (Å²) in [4.78, 5) is 24.9. The molecule has 0 aliphatic carbocycles. The molecule has 1 atom stereocenters. The fourth-order valence-electron chi connectivity index (χ4n) is 3.99. The number of hydrogen-bond acceptors (Lipinski definition) is 6. The summed E-state index contributed by atoms with van der Waals surface area (Å²) >= 11 is 0. The molecule has 184 valence electrons. The van der Waals surface area contributed by atoms with Crippen LogP contribution in [0.4, 0.5) is 0 Å². The number of hydrogen-bond donors (Lipinski definition) is 1. The van der Waals surface area contributed by atoms with Crippen molar-refractivity contribution in [3.63, 3.8) is 0 Å². The Bertz CT molecular complexity index is 1050. The quantitative estimate of drug-likeness (QED) is 0.516. The van der Waals surface area contributed by atoms with Gasteiger partial charge in [0, 0.05) is 25.9 Å². The molecular formula is C25H32N2O6S. The average molecular weight is 489 g/mol. The van der Waals surface area contributed by atoms with Gasteiger partial charge in [0.25, 0.3) is 0 Å². The molecule has 0 saturated carbocycles. The minimum atomic E-state index is -3.20. The Balaban J connectivity index is 1.51. The average Bonchev–Trinajstić information content (AvgIpc) is 2.83. The summed E-state index contributed by atoms with van der Waals surface area (Å²) < 4.78 is 35.4. The van der Waals surface area contributed by atoms with Crippen molar-refractivity contribution in [1.29, 1.82) is 0 Å². The van der Waals surface area contributed by atoms with Crippen LogP contribution in [0.15, 0.2) is 54.6 Å². The van der Waals surface area contributed by atoms with Crippen LogP contribution in [0, 0.1) is 5.92 Å². The Hall–Kier alpha value is -2.91. The fraction of sp³-hybridized carbons (Fsp3) is 0.440. The lowest BCUT2D eigenvalue weighted by atomic mass is 9.94. The van der Waals surface area contributed by atoms with Crippen molar-refractivity contribution in [1.82, 2.24) is 9.62 Å². The molecule has 0 unspecified atom stereocenters. The van der Waals surface area contributed by atoms with Crippen molar-refractivity contribution in [3.05, 3.63) is 65.7 Å². The molecular weight excluding hydrogens is 456 g/mol. The van der Waals surface area contributed by atoms with Gasteiger partial charge >= 0.3 is 5.97 Å². The van der Waals surface area contributed by atoms with E-state index in [1.165, 1.54) is 17.7 Å². The third-order valence-corrected chi connectivity index (χ3v) is 7.25. The van der Waals surface area contributed by atoms with Gasteiger partial charge < -0.3 is 14.8 Å². The van der Waals surface area contributed by atoms with Crippen LogP contribution in [0.2, 0.25) is 0 Å². The van der Waals surface area contributed by atoms with Gasteiger partial charge in [0.05, 0.1) is 13.4 Å². The van der Waals surface area contributed by atoms with Crippen LogP contribution >= 0.6 is 0 Å². The molecule has 1 aliphatic heterocycles. The summed E-state index contributed by atoms with van der Waals surface area (Å²) in [6, 6.07) is 16.5. The zero-order chi connectivity index (χ0) is 24.6. The zero-order valence-electron chi connectivity index (χ0n) is 19.6. The summed E-state index contributed by atoms with van der Waals surface area (Å²) in [6.07, 6.45) is 2.98. The predicted molar refractivity (Wildman–Crippen MR) is 129 cm³/mol. The minimum absolute atomic E-state index is 0.0809. The van der Waals surface area contributed by atoms with Crippen LogP contribution in [-0.4, -0.2) is 57.1 Å². The first kappa shape index (κ1) is 25.7. The number of carbonyl (C=O) groups excluding carboxylic acids is 2. The van der Waals surface area contributed by atoms with E-state index in [1.807, 2.05) is 54.6 Å². The Kier molecular flexibility index (Phi) is 9.06. The summed E-state index contributed by atoms with van der Waals surface area (Å²) in [5.41, 5.74) is 1.94. The molecule has 0 bridgehead atoms. The Morgan fingerprint density at radius 1 is 1.03 bits per heavy atom. The number of piperidine rings is 1. The van der Waals surface area contributed by atoms with Gasteiger partial charge in [0.15, 0.2) is 0 Å². The summed E-state index contributed by atoms with van der Waals surface area (Å²) in [7, 11) is -1.91. The van der Waals surface area contributed by atoms with Crippen LogP contribution in [0.5, 0.6) is 5.75 Å². The number of ether oxygens (including phenoxy) is 2. The number of esters is 1. The summed E-state index contributed by atoms with van der Waals surface area (Å²) in [6.45, 7) is 1.29. The maximum Gasteiger partial charge on any atom is 0.328 e. The smallest absolute Gasteiger partial charge is 0.328 e. The third kappa shape index (κ3) is 7.85. The van der Waals surface area contributed by atoms with E-state index in [1.54, 1.807) is 0 Å². The number of rotatable bonds is 10. The molecule has 0 aromatic heterocycles. The molecule has 1 saturated heterocycles. The molecule has 8 nitrogen and oxygen atoms in total. The Morgan fingerprint density at radius 3 is 2.26 bits per heavy atom. The molecule has 1 heterocycles. The number of benzene rings is 2. The van der Waals surface area contributed by atoms with E-state index in [2.05, 4.69) is 5.32 Å². The lowest BCUT2D eigenvalue weighted by molar-refractivity contribution is -0.145. The Morgan fingerprint density at radius 2 is 1.68 bits per heavy atom. The van der Waals surface area contributed by atoms with Crippen LogP contribution < -0.4 is 10.1 Å². The van der Waals surface area contributed by atoms with Crippen LogP contribution in [0.1, 0.15) is 30.4 Å². The van der Waals surface area contributed by atoms with Gasteiger partial charge in [0.1, 0.15) is 18.4 Å². The highest BCUT2D eigenvalue weighted by Gasteiger charge is 2.28. The highest BCUT2D eigenvalue weighted by molar-refractivity contribution is 7.88. The summed E-state index contributed by atoms with van der Waals surface area (Å²) in [5.74, 6) is 0.0460. The van der Waals surface area contributed by atoms with E-state index >= 15 is 0 Å². The van der Waals surface area contributed by atoms with Crippen LogP contribution in [0.25, 0.3) is 0 Å². The van der Waals surface area contributed by atoms with E-state index < -0.39 is 22.0 Å². The van der Waals surface area contributed by atoms with E-state index in [9.17, 15) is 18.0 Å². The van der Waals surface area contributed by atoms with Crippen LogP contribution in [-0.2, 0) is 37.4 Å². The van der Waals surface area contributed by atoms with Gasteiger partial charge in [0.2, 0.25) is 15.9 Å². The van der Waals surface area contributed by atoms with Crippen molar-refractivity contribution in [2.24, 2.45) is 5.92 Å². The molecule has 0 spiro atoms. The molecule has 1 aliphatic rings. The molecule has 3 rings (SSSR count). The number of methoxy groups -OCH3 is 1. The first-order chi connectivity index (χ1) is 16.2. The predicted octanol–water partition coefficient (Wildman–Crippen LogP) is 2.53. The standard InChI is InChI=1S/C25H32N2O6S/c1-32-25(29)23(26-24(28)17-20-12-14-27(15-13-20)34(2,30)31)16-19-8-10-22(11-9-19)33-18-21-6-4-3-5-7-21/h3-11,20,23H,12-18H2,1-2H3,(H,26,28)/t23-/m0/s1. The molecule has 1 fully saturated rings. The SMILES string of the molecule is COC(=O)[C@H](Cc1ccc(OCc2ccccc2)cc1)NC(=O)CC1CCN(S(C)(=O)=O)CC1. The third-order valence-electron chi connectivity index (χ3n) is 5.95. The second kappa shape index (κ2) is 12.0. The number of sulfonamides is 1. The number of nitrogens with one attached hydrogen (secondary N) is 1. The lowest BCUT2D eigenvalue weighted by Crippen LogP contribution is -2.44. The number of amides is 1. The van der Waals surface area contributed by atoms with Crippen molar-refractivity contribution < 1.29 is 27.5 Å². The first-order valence-corrected chi connectivity index (χ1v) is 13.2. The first-order valence-electron chi connectivity index (χ1n) is 11.3. The van der Waals surface area contributed by atoms with Gasteiger partial charge in [-0.1, -0.05) is 42.5 Å². The van der Waals surface area contributed by atoms with Gasteiger partial charge in [-0.15, -0.1) is 0 Å². The second-order valence-electron chi connectivity index (χ2n) is 8.58. The van der Waals surface area contributed by atoms with Crippen molar-refractivity contribution in [2.75, 3.05) is 26.5 Å². The zero-order valence-corrected chi connectivity index (χ0v) is 20.4. The van der Waals surface area contributed by atoms with Gasteiger partial charge in [-0.05, 0) is 42.0 Å². The molecule has 9 heteroatoms. The maximum absolute atomic E-state index is 12.6. The molecule has 1 amide bonds. The Labute approximate surface area is 201 Å². The topological polar surface area (TPSA) is 102 Å². The summed E-state index contributed by atoms with van der Waals surface area (Å²) in [5, 5.41) is 2.79. The number of carbonyl (C=O) groups is 2. The van der Waals surface area contributed by atoms with E-state index in [4.69, 9.17) is 9.47 Å².